The number of rotatable bonds is 7. The van der Waals surface area contributed by atoms with Gasteiger partial charge in [0.05, 0.1) is 0 Å². The molecular weight excluding hydrogens is 545 g/mol. The molecule has 0 bridgehead atoms. The van der Waals surface area contributed by atoms with Crippen LogP contribution in [0.3, 0.4) is 0 Å². The van der Waals surface area contributed by atoms with Gasteiger partial charge in [-0.1, -0.05) is 152 Å². The highest BCUT2D eigenvalue weighted by atomic mass is 31.3. The van der Waals surface area contributed by atoms with Crippen molar-refractivity contribution in [3.63, 3.8) is 0 Å². The van der Waals surface area contributed by atoms with Crippen LogP contribution < -0.4 is 21.2 Å². The van der Waals surface area contributed by atoms with Gasteiger partial charge >= 0.3 is 0 Å². The molecule has 1 aliphatic heterocycles. The van der Waals surface area contributed by atoms with Crippen LogP contribution >= 0.6 is 21.8 Å². The van der Waals surface area contributed by atoms with Crippen LogP contribution in [0, 0.1) is 0 Å². The second kappa shape index (κ2) is 11.3. The van der Waals surface area contributed by atoms with E-state index >= 15 is 0 Å². The summed E-state index contributed by atoms with van der Waals surface area (Å²) in [5.41, 5.74) is 1.26. The molecule has 7 heteroatoms. The molecule has 1 aliphatic rings. The van der Waals surface area contributed by atoms with Crippen LogP contribution in [0.5, 0.6) is 0 Å². The van der Waals surface area contributed by atoms with Gasteiger partial charge in [0, 0.05) is 34.4 Å². The lowest BCUT2D eigenvalue weighted by molar-refractivity contribution is 0.541. The number of nitrogens with zero attached hydrogens (tertiary/aromatic N) is 4. The summed E-state index contributed by atoms with van der Waals surface area (Å²) in [4.78, 5) is 0. The first-order valence-electron chi connectivity index (χ1n) is 13.4. The van der Waals surface area contributed by atoms with E-state index in [9.17, 15) is 0 Å². The Kier molecular flexibility index (Phi) is 7.63. The summed E-state index contributed by atoms with van der Waals surface area (Å²) in [6.45, 7) is 3.05. The zero-order valence-corrected chi connectivity index (χ0v) is 25.5. The largest absolute Gasteiger partial charge is 0.251 e. The Morgan fingerprint density at radius 3 is 1.15 bits per heavy atom. The zero-order chi connectivity index (χ0) is 27.5. The predicted octanol–water partition coefficient (Wildman–Crippen LogP) is 8.33. The van der Waals surface area contributed by atoms with Crippen molar-refractivity contribution in [2.24, 2.45) is 13.5 Å². The molecule has 5 aromatic rings. The molecule has 0 N–H and O–H groups in total. The predicted molar refractivity (Wildman–Crippen MR) is 176 cm³/mol. The van der Waals surface area contributed by atoms with Gasteiger partial charge < -0.3 is 0 Å². The van der Waals surface area contributed by atoms with E-state index in [1.165, 1.54) is 26.8 Å². The monoisotopic (exact) mass is 578 g/mol. The fourth-order valence-corrected chi connectivity index (χ4v) is 19.7. The summed E-state index contributed by atoms with van der Waals surface area (Å²) in [5, 5.41) is 4.69. The van der Waals surface area contributed by atoms with Crippen molar-refractivity contribution in [2.45, 2.75) is 6.54 Å². The van der Waals surface area contributed by atoms with Crippen LogP contribution in [0.4, 0.5) is 0 Å². The highest BCUT2D eigenvalue weighted by Crippen LogP contribution is 2.76. The van der Waals surface area contributed by atoms with Crippen molar-refractivity contribution in [1.82, 2.24) is 4.67 Å². The number of benzene rings is 5. The summed E-state index contributed by atoms with van der Waals surface area (Å²) < 4.78 is 20.1. The van der Waals surface area contributed by atoms with Gasteiger partial charge in [0.1, 0.15) is 21.8 Å². The van der Waals surface area contributed by atoms with Crippen LogP contribution in [0.1, 0.15) is 5.56 Å². The molecule has 0 fully saturated rings. The minimum atomic E-state index is -2.61. The molecule has 5 aromatic carbocycles. The van der Waals surface area contributed by atoms with Crippen molar-refractivity contribution < 1.29 is 0 Å². The molecule has 200 valence electrons. The maximum atomic E-state index is 6.00. The molecule has 0 saturated carbocycles. The second-order valence-electron chi connectivity index (χ2n) is 9.98. The summed E-state index contributed by atoms with van der Waals surface area (Å²) in [7, 11) is -5.48. The van der Waals surface area contributed by atoms with Gasteiger partial charge in [0.2, 0.25) is 0 Å². The van der Waals surface area contributed by atoms with Crippen LogP contribution in [-0.4, -0.2) is 18.4 Å². The van der Waals surface area contributed by atoms with Crippen LogP contribution in [0.25, 0.3) is 0 Å². The lowest BCUT2D eigenvalue weighted by Gasteiger charge is -2.39. The minimum Gasteiger partial charge on any atom is -0.251 e. The first-order chi connectivity index (χ1) is 19.5. The first-order valence-corrected chi connectivity index (χ1v) is 18.9. The molecule has 1 unspecified atom stereocenters. The Morgan fingerprint density at radius 1 is 0.450 bits per heavy atom. The Morgan fingerprint density at radius 2 is 0.775 bits per heavy atom. The number of hydrogen-bond donors (Lipinski definition) is 0. The van der Waals surface area contributed by atoms with Crippen molar-refractivity contribution in [3.8, 4) is 0 Å². The number of hydrogen-bond acceptors (Lipinski definition) is 4. The molecule has 1 atom stereocenters. The highest BCUT2D eigenvalue weighted by molar-refractivity contribution is 7.96. The van der Waals surface area contributed by atoms with Crippen LogP contribution in [0.15, 0.2) is 165 Å². The van der Waals surface area contributed by atoms with Gasteiger partial charge in [-0.3, -0.25) is 4.67 Å². The third-order valence-corrected chi connectivity index (χ3v) is 19.6. The quantitative estimate of drug-likeness (QED) is 0.179. The molecule has 0 aliphatic carbocycles. The minimum absolute atomic E-state index is 0.769. The summed E-state index contributed by atoms with van der Waals surface area (Å²) in [6, 6.07) is 53.6. The van der Waals surface area contributed by atoms with Crippen molar-refractivity contribution in [3.05, 3.63) is 157 Å². The van der Waals surface area contributed by atoms with E-state index < -0.39 is 21.8 Å². The molecule has 0 spiro atoms. The summed E-state index contributed by atoms with van der Waals surface area (Å²) in [5.74, 6) is 0. The molecule has 6 rings (SSSR count). The average Bonchev–Trinajstić information content (AvgIpc) is 3.03. The third-order valence-electron chi connectivity index (χ3n) is 7.22. The van der Waals surface area contributed by atoms with Crippen LogP contribution in [0.2, 0.25) is 0 Å². The molecule has 1 heterocycles. The topological polar surface area (TPSA) is 40.3 Å². The van der Waals surface area contributed by atoms with Gasteiger partial charge in [0.25, 0.3) is 0 Å². The lowest BCUT2D eigenvalue weighted by Crippen LogP contribution is -2.23. The Hall–Kier alpha value is -3.25. The molecule has 0 amide bonds. The van der Waals surface area contributed by atoms with Crippen molar-refractivity contribution in [2.75, 3.05) is 13.7 Å². The standard InChI is InChI=1S/C33H33N4P3/c1-37(28-29-18-8-3-9-19-29)38(2)34-39(30-20-10-4-11-21-30,31-22-12-5-13-23-31)36-40(35-38,32-24-14-6-15-25-32)33-26-16-7-17-27-33/h3-27H,28H2,1-2H3. The molecule has 40 heavy (non-hydrogen) atoms. The maximum Gasteiger partial charge on any atom is 0.144 e. The Labute approximate surface area is 238 Å². The normalized spacial score (nSPS) is 19.2. The molecule has 0 saturated heterocycles. The average molecular weight is 579 g/mol. The van der Waals surface area contributed by atoms with E-state index in [4.69, 9.17) is 13.5 Å². The van der Waals surface area contributed by atoms with E-state index in [2.05, 4.69) is 170 Å². The van der Waals surface area contributed by atoms with Gasteiger partial charge in [-0.15, -0.1) is 0 Å². The smallest absolute Gasteiger partial charge is 0.144 e. The van der Waals surface area contributed by atoms with Crippen LogP contribution in [-0.2, 0) is 6.54 Å². The maximum absolute atomic E-state index is 6.00. The van der Waals surface area contributed by atoms with E-state index in [0.29, 0.717) is 0 Å². The van der Waals surface area contributed by atoms with E-state index in [-0.39, 0.29) is 0 Å². The highest BCUT2D eigenvalue weighted by Gasteiger charge is 2.40. The fourth-order valence-electron chi connectivity index (χ4n) is 5.10. The van der Waals surface area contributed by atoms with Gasteiger partial charge in [0.15, 0.2) is 0 Å². The fraction of sp³-hybridized carbons (Fsp3) is 0.0909. The zero-order valence-electron chi connectivity index (χ0n) is 22.8. The van der Waals surface area contributed by atoms with Gasteiger partial charge in [-0.2, -0.15) is 0 Å². The van der Waals surface area contributed by atoms with E-state index in [1.807, 2.05) is 0 Å². The van der Waals surface area contributed by atoms with Gasteiger partial charge in [-0.25, -0.2) is 13.5 Å². The van der Waals surface area contributed by atoms with E-state index in [1.54, 1.807) is 0 Å². The SMILES string of the molecule is CN(Cc1ccccc1)P1(C)=NP(c2ccccc2)(c2ccccc2)=NP(c2ccccc2)(c2ccccc2)=N1. The van der Waals surface area contributed by atoms with Gasteiger partial charge in [-0.05, 0) is 12.6 Å². The first kappa shape index (κ1) is 26.9. The second-order valence-corrected chi connectivity index (χ2v) is 19.0. The third kappa shape index (κ3) is 5.03. The molecule has 0 radical (unpaired) electrons. The molecule has 4 nitrogen and oxygen atoms in total. The van der Waals surface area contributed by atoms with Crippen molar-refractivity contribution >= 4 is 43.0 Å². The molecule has 0 aromatic heterocycles. The Bertz CT molecular complexity index is 1590. The van der Waals surface area contributed by atoms with Crippen molar-refractivity contribution in [1.29, 1.82) is 0 Å². The summed E-state index contributed by atoms with van der Waals surface area (Å²) >= 11 is 0. The van der Waals surface area contributed by atoms with E-state index in [0.717, 1.165) is 6.54 Å². The molecular formula is C33H33N4P3. The Balaban J connectivity index is 1.77. The lowest BCUT2D eigenvalue weighted by atomic mass is 10.2. The summed E-state index contributed by atoms with van der Waals surface area (Å²) in [6.07, 6.45) is 0.